The number of likely N-dealkylation sites (tertiary alicyclic amines) is 2. The number of nitrogens with two attached hydrogens (primary N) is 2. The highest BCUT2D eigenvalue weighted by atomic mass is 35.5. The standard InChI is InChI=1S/2C23H29ClFN3O4/c2*1-30-21-13-19(26)18(24)12-17(21)23(29)27-20-8-10-28(14-22(20)31-2)9-3-11-32-16-6-4-15(25)5-7-16/h2*4-7,12-13,20,22H,3,8-11,14,26H2,1-2H3,(H,27,29). The number of carbonyl (C=O) groups is 2. The molecule has 4 unspecified atom stereocenters. The molecule has 0 spiro atoms. The van der Waals surface area contributed by atoms with E-state index in [0.29, 0.717) is 81.8 Å². The van der Waals surface area contributed by atoms with Crippen LogP contribution in [-0.4, -0.2) is 127 Å². The Kier molecular flexibility index (Phi) is 19.4. The molecule has 2 aliphatic rings. The van der Waals surface area contributed by atoms with Gasteiger partial charge in [-0.15, -0.1) is 0 Å². The minimum atomic E-state index is -0.282. The number of ether oxygens (including phenoxy) is 6. The van der Waals surface area contributed by atoms with E-state index < -0.39 is 0 Å². The van der Waals surface area contributed by atoms with E-state index in [1.807, 2.05) is 0 Å². The number of carbonyl (C=O) groups excluding carboxylic acids is 2. The van der Waals surface area contributed by atoms with Gasteiger partial charge in [0.15, 0.2) is 0 Å². The third-order valence-electron chi connectivity index (χ3n) is 11.1. The average molecular weight is 932 g/mol. The molecule has 14 nitrogen and oxygen atoms in total. The first-order chi connectivity index (χ1) is 30.8. The van der Waals surface area contributed by atoms with E-state index in [1.165, 1.54) is 50.6 Å². The molecule has 6 rings (SSSR count). The van der Waals surface area contributed by atoms with Crippen LogP contribution in [0.15, 0.2) is 72.8 Å². The molecule has 0 aliphatic carbocycles. The fourth-order valence-corrected chi connectivity index (χ4v) is 7.84. The molecule has 4 aromatic carbocycles. The second-order valence-electron chi connectivity index (χ2n) is 15.3. The van der Waals surface area contributed by atoms with Crippen molar-refractivity contribution in [3.8, 4) is 23.0 Å². The largest absolute Gasteiger partial charge is 0.496 e. The van der Waals surface area contributed by atoms with E-state index in [1.54, 1.807) is 50.6 Å². The summed E-state index contributed by atoms with van der Waals surface area (Å²) < 4.78 is 59.1. The summed E-state index contributed by atoms with van der Waals surface area (Å²) >= 11 is 12.2. The Bertz CT molecular complexity index is 1970. The molecule has 4 atom stereocenters. The van der Waals surface area contributed by atoms with E-state index in [-0.39, 0.29) is 47.7 Å². The minimum Gasteiger partial charge on any atom is -0.496 e. The lowest BCUT2D eigenvalue weighted by atomic mass is 10.0. The SMILES string of the molecule is COc1cc(N)c(Cl)cc1C(=O)NC1CCN(CCCOc2ccc(F)cc2)CC1OC.COc1cc(N)c(Cl)cc1C(=O)NC1CCN(CCCOc2ccc(F)cc2)CC1OC. The third-order valence-corrected chi connectivity index (χ3v) is 11.7. The summed E-state index contributed by atoms with van der Waals surface area (Å²) in [6.07, 6.45) is 2.84. The van der Waals surface area contributed by atoms with Gasteiger partial charge in [0.25, 0.3) is 11.8 Å². The topological polar surface area (TPSA) is 172 Å². The first-order valence-electron chi connectivity index (χ1n) is 21.0. The quantitative estimate of drug-likeness (QED) is 0.0615. The van der Waals surface area contributed by atoms with Gasteiger partial charge < -0.3 is 60.3 Å². The third kappa shape index (κ3) is 14.5. The van der Waals surface area contributed by atoms with Gasteiger partial charge in [-0.1, -0.05) is 23.2 Å². The number of hydrogen-bond donors (Lipinski definition) is 4. The molecule has 0 radical (unpaired) electrons. The van der Waals surface area contributed by atoms with Gasteiger partial charge in [0, 0.05) is 65.6 Å². The highest BCUT2D eigenvalue weighted by Gasteiger charge is 2.33. The lowest BCUT2D eigenvalue weighted by molar-refractivity contribution is 0.00526. The van der Waals surface area contributed by atoms with E-state index >= 15 is 0 Å². The minimum absolute atomic E-state index is 0.139. The van der Waals surface area contributed by atoms with Crippen molar-refractivity contribution in [2.75, 3.05) is 92.4 Å². The Morgan fingerprint density at radius 1 is 0.641 bits per heavy atom. The van der Waals surface area contributed by atoms with Crippen LogP contribution in [0.4, 0.5) is 20.2 Å². The van der Waals surface area contributed by atoms with Crippen molar-refractivity contribution in [2.45, 2.75) is 50.0 Å². The van der Waals surface area contributed by atoms with Gasteiger partial charge in [0.2, 0.25) is 0 Å². The van der Waals surface area contributed by atoms with Crippen molar-refractivity contribution in [2.24, 2.45) is 0 Å². The number of halogens is 4. The second kappa shape index (κ2) is 24.8. The maximum absolute atomic E-state index is 12.9. The first kappa shape index (κ1) is 49.9. The molecule has 2 fully saturated rings. The second-order valence-corrected chi connectivity index (χ2v) is 16.2. The van der Waals surface area contributed by atoms with Crippen LogP contribution in [0, 0.1) is 11.6 Å². The van der Waals surface area contributed by atoms with Crippen LogP contribution in [-0.2, 0) is 9.47 Å². The predicted octanol–water partition coefficient (Wildman–Crippen LogP) is 6.72. The molecular formula is C46H58Cl2F2N6O8. The molecule has 348 valence electrons. The Balaban J connectivity index is 0.000000241. The number of anilines is 2. The van der Waals surface area contributed by atoms with Crippen LogP contribution >= 0.6 is 23.2 Å². The monoisotopic (exact) mass is 930 g/mol. The maximum atomic E-state index is 12.9. The molecular weight excluding hydrogens is 873 g/mol. The van der Waals surface area contributed by atoms with Gasteiger partial charge >= 0.3 is 0 Å². The van der Waals surface area contributed by atoms with E-state index in [4.69, 9.17) is 63.1 Å². The first-order valence-corrected chi connectivity index (χ1v) is 21.7. The van der Waals surface area contributed by atoms with Crippen molar-refractivity contribution in [1.29, 1.82) is 0 Å². The molecule has 2 saturated heterocycles. The van der Waals surface area contributed by atoms with Crippen LogP contribution in [0.5, 0.6) is 23.0 Å². The zero-order chi connectivity index (χ0) is 46.2. The molecule has 0 saturated carbocycles. The Morgan fingerprint density at radius 3 is 1.36 bits per heavy atom. The highest BCUT2D eigenvalue weighted by Crippen LogP contribution is 2.31. The molecule has 0 aromatic heterocycles. The summed E-state index contributed by atoms with van der Waals surface area (Å²) in [6.45, 7) is 5.78. The highest BCUT2D eigenvalue weighted by molar-refractivity contribution is 6.34. The van der Waals surface area contributed by atoms with Crippen LogP contribution in [0.3, 0.4) is 0 Å². The van der Waals surface area contributed by atoms with E-state index in [0.717, 1.165) is 51.9 Å². The summed E-state index contributed by atoms with van der Waals surface area (Å²) in [5, 5.41) is 6.70. The van der Waals surface area contributed by atoms with Gasteiger partial charge in [-0.05, 0) is 86.3 Å². The lowest BCUT2D eigenvalue weighted by Crippen LogP contribution is -2.55. The summed E-state index contributed by atoms with van der Waals surface area (Å²) in [5.41, 5.74) is 13.0. The summed E-state index contributed by atoms with van der Waals surface area (Å²) in [5.74, 6) is 0.927. The van der Waals surface area contributed by atoms with Crippen molar-refractivity contribution in [1.82, 2.24) is 20.4 Å². The zero-order valence-corrected chi connectivity index (χ0v) is 38.1. The number of amides is 2. The van der Waals surface area contributed by atoms with Gasteiger partial charge in [-0.3, -0.25) is 9.59 Å². The Morgan fingerprint density at radius 2 is 1.02 bits per heavy atom. The number of nitrogens with zero attached hydrogens (tertiary/aromatic N) is 2. The van der Waals surface area contributed by atoms with Gasteiger partial charge in [0.1, 0.15) is 34.6 Å². The van der Waals surface area contributed by atoms with E-state index in [9.17, 15) is 18.4 Å². The van der Waals surface area contributed by atoms with Crippen molar-refractivity contribution in [3.63, 3.8) is 0 Å². The Hall–Kier alpha value is -5.10. The van der Waals surface area contributed by atoms with Crippen molar-refractivity contribution in [3.05, 3.63) is 106 Å². The number of benzene rings is 4. The fourth-order valence-electron chi connectivity index (χ4n) is 7.52. The van der Waals surface area contributed by atoms with Gasteiger partial charge in [0.05, 0.1) is 84.3 Å². The molecule has 2 amide bonds. The number of rotatable bonds is 18. The molecule has 4 aromatic rings. The van der Waals surface area contributed by atoms with Crippen LogP contribution in [0.25, 0.3) is 0 Å². The van der Waals surface area contributed by atoms with E-state index in [2.05, 4.69) is 20.4 Å². The number of nitrogens with one attached hydrogen (secondary N) is 2. The van der Waals surface area contributed by atoms with Crippen LogP contribution < -0.4 is 41.0 Å². The van der Waals surface area contributed by atoms with Gasteiger partial charge in [-0.25, -0.2) is 8.78 Å². The lowest BCUT2D eigenvalue weighted by Gasteiger charge is -2.38. The molecule has 6 N–H and O–H groups in total. The fraction of sp³-hybridized carbons (Fsp3) is 0.435. The number of nitrogen functional groups attached to an aromatic ring is 2. The number of methoxy groups -OCH3 is 4. The molecule has 18 heteroatoms. The van der Waals surface area contributed by atoms with Gasteiger partial charge in [-0.2, -0.15) is 0 Å². The Labute approximate surface area is 383 Å². The summed E-state index contributed by atoms with van der Waals surface area (Å²) in [7, 11) is 6.25. The summed E-state index contributed by atoms with van der Waals surface area (Å²) in [4.78, 5) is 30.3. The zero-order valence-electron chi connectivity index (χ0n) is 36.5. The molecule has 0 bridgehead atoms. The van der Waals surface area contributed by atoms with Crippen LogP contribution in [0.1, 0.15) is 46.4 Å². The van der Waals surface area contributed by atoms with Crippen molar-refractivity contribution < 1.29 is 46.8 Å². The number of hydrogen-bond acceptors (Lipinski definition) is 12. The smallest absolute Gasteiger partial charge is 0.255 e. The normalized spacial score (nSPS) is 18.9. The van der Waals surface area contributed by atoms with Crippen LogP contribution in [0.2, 0.25) is 10.0 Å². The molecule has 64 heavy (non-hydrogen) atoms. The molecule has 2 heterocycles. The van der Waals surface area contributed by atoms with Crippen molar-refractivity contribution >= 4 is 46.4 Å². The predicted molar refractivity (Wildman–Crippen MR) is 244 cm³/mol. The number of piperidine rings is 2. The maximum Gasteiger partial charge on any atom is 0.255 e. The molecule has 2 aliphatic heterocycles. The average Bonchev–Trinajstić information content (AvgIpc) is 3.30. The summed E-state index contributed by atoms with van der Waals surface area (Å²) in [6, 6.07) is 17.8.